The summed E-state index contributed by atoms with van der Waals surface area (Å²) in [4.78, 5) is 2.67. The van der Waals surface area contributed by atoms with Crippen molar-refractivity contribution in [2.75, 3.05) is 0 Å². The Balaban J connectivity index is 3.08. The zero-order valence-corrected chi connectivity index (χ0v) is 9.28. The second kappa shape index (κ2) is 5.59. The van der Waals surface area contributed by atoms with E-state index in [1.165, 1.54) is 6.07 Å². The van der Waals surface area contributed by atoms with Crippen LogP contribution in [0, 0.1) is 0 Å². The third kappa shape index (κ3) is 3.67. The van der Waals surface area contributed by atoms with Gasteiger partial charge in [-0.25, -0.2) is 0 Å². The highest BCUT2D eigenvalue weighted by Gasteiger charge is 2.30. The number of alkyl halides is 3. The molecule has 0 amide bonds. The molecule has 0 aromatic heterocycles. The van der Waals surface area contributed by atoms with Gasteiger partial charge < -0.3 is 0 Å². The third-order valence-corrected chi connectivity index (χ3v) is 2.35. The monoisotopic (exact) mass is 243 g/mol. The van der Waals surface area contributed by atoms with E-state index >= 15 is 0 Å². The molecule has 0 radical (unpaired) electrons. The quantitative estimate of drug-likeness (QED) is 0.412. The summed E-state index contributed by atoms with van der Waals surface area (Å²) in [5, 5.41) is 3.52. The fraction of sp³-hybridized carbons (Fsp3) is 0.455. The smallest absolute Gasteiger partial charge is 0.166 e. The van der Waals surface area contributed by atoms with Gasteiger partial charge in [-0.15, -0.1) is 0 Å². The molecule has 17 heavy (non-hydrogen) atoms. The number of nitrogens with zero attached hydrogens (tertiary/aromatic N) is 3. The van der Waals surface area contributed by atoms with Gasteiger partial charge in [0.05, 0.1) is 11.6 Å². The van der Waals surface area contributed by atoms with Crippen molar-refractivity contribution in [3.05, 3.63) is 45.8 Å². The van der Waals surface area contributed by atoms with Crippen molar-refractivity contribution in [3.8, 4) is 0 Å². The second-order valence-electron chi connectivity index (χ2n) is 3.63. The summed E-state index contributed by atoms with van der Waals surface area (Å²) >= 11 is 0. The molecule has 0 saturated carbocycles. The highest BCUT2D eigenvalue weighted by atomic mass is 19.4. The average molecular weight is 243 g/mol. The molecule has 3 nitrogen and oxygen atoms in total. The molecule has 1 rings (SSSR count). The lowest BCUT2D eigenvalue weighted by atomic mass is 10.0. The van der Waals surface area contributed by atoms with Crippen LogP contribution in [0.4, 0.5) is 13.2 Å². The third-order valence-electron chi connectivity index (χ3n) is 2.35. The molecule has 92 valence electrons. The molecule has 0 saturated heterocycles. The summed E-state index contributed by atoms with van der Waals surface area (Å²) in [6.45, 7) is 1.88. The Hall–Kier alpha value is -1.68. The number of azide groups is 1. The lowest BCUT2D eigenvalue weighted by Gasteiger charge is -2.13. The van der Waals surface area contributed by atoms with E-state index in [4.69, 9.17) is 5.53 Å². The van der Waals surface area contributed by atoms with Crippen LogP contribution in [-0.2, 0) is 6.18 Å². The molecule has 0 aliphatic heterocycles. The van der Waals surface area contributed by atoms with Gasteiger partial charge in [-0.1, -0.05) is 36.7 Å². The van der Waals surface area contributed by atoms with Crippen LogP contribution < -0.4 is 0 Å². The lowest BCUT2D eigenvalue weighted by molar-refractivity contribution is -0.137. The van der Waals surface area contributed by atoms with Crippen molar-refractivity contribution >= 4 is 0 Å². The molecular formula is C11H12F3N3. The Morgan fingerprint density at radius 1 is 1.41 bits per heavy atom. The predicted molar refractivity (Wildman–Crippen MR) is 58.2 cm³/mol. The Bertz CT molecular complexity index is 422. The summed E-state index contributed by atoms with van der Waals surface area (Å²) < 4.78 is 37.5. The van der Waals surface area contributed by atoms with E-state index in [1.54, 1.807) is 6.07 Å². The van der Waals surface area contributed by atoms with Crippen molar-refractivity contribution in [2.45, 2.75) is 32.0 Å². The van der Waals surface area contributed by atoms with Gasteiger partial charge in [0, 0.05) is 4.91 Å². The van der Waals surface area contributed by atoms with E-state index < -0.39 is 17.8 Å². The summed E-state index contributed by atoms with van der Waals surface area (Å²) in [5.74, 6) is 0. The van der Waals surface area contributed by atoms with E-state index in [-0.39, 0.29) is 0 Å². The summed E-state index contributed by atoms with van der Waals surface area (Å²) in [6.07, 6.45) is -3.10. The zero-order valence-electron chi connectivity index (χ0n) is 9.28. The van der Waals surface area contributed by atoms with Crippen LogP contribution in [0.25, 0.3) is 10.4 Å². The van der Waals surface area contributed by atoms with Crippen molar-refractivity contribution in [1.82, 2.24) is 0 Å². The summed E-state index contributed by atoms with van der Waals surface area (Å²) in [6, 6.07) is 4.38. The van der Waals surface area contributed by atoms with E-state index in [0.29, 0.717) is 12.0 Å². The van der Waals surface area contributed by atoms with Crippen molar-refractivity contribution < 1.29 is 13.2 Å². The minimum Gasteiger partial charge on any atom is -0.166 e. The van der Waals surface area contributed by atoms with Gasteiger partial charge in [-0.05, 0) is 23.6 Å². The van der Waals surface area contributed by atoms with E-state index in [1.807, 2.05) is 6.92 Å². The fourth-order valence-electron chi connectivity index (χ4n) is 1.55. The van der Waals surface area contributed by atoms with Crippen LogP contribution in [-0.4, -0.2) is 0 Å². The molecule has 1 aromatic carbocycles. The van der Waals surface area contributed by atoms with Crippen LogP contribution in [0.5, 0.6) is 0 Å². The minimum atomic E-state index is -4.37. The molecule has 0 spiro atoms. The molecule has 0 fully saturated rings. The first-order valence-corrected chi connectivity index (χ1v) is 5.20. The second-order valence-corrected chi connectivity index (χ2v) is 3.63. The molecule has 0 heterocycles. The summed E-state index contributed by atoms with van der Waals surface area (Å²) in [7, 11) is 0. The first-order valence-electron chi connectivity index (χ1n) is 5.20. The normalized spacial score (nSPS) is 12.9. The SMILES string of the molecule is CCCC(N=[N+]=[N-])c1cccc(C(F)(F)F)c1. The molecule has 1 unspecified atom stereocenters. The molecule has 6 heteroatoms. The maximum atomic E-state index is 12.5. The molecule has 0 N–H and O–H groups in total. The van der Waals surface area contributed by atoms with Gasteiger partial charge in [0.2, 0.25) is 0 Å². The molecular weight excluding hydrogens is 231 g/mol. The van der Waals surface area contributed by atoms with Gasteiger partial charge in [0.1, 0.15) is 0 Å². The predicted octanol–water partition coefficient (Wildman–Crippen LogP) is 4.86. The maximum absolute atomic E-state index is 12.5. The van der Waals surface area contributed by atoms with Crippen molar-refractivity contribution in [2.24, 2.45) is 5.11 Å². The van der Waals surface area contributed by atoms with Crippen LogP contribution in [0.1, 0.15) is 36.9 Å². The number of hydrogen-bond acceptors (Lipinski definition) is 1. The topological polar surface area (TPSA) is 48.8 Å². The van der Waals surface area contributed by atoms with Crippen LogP contribution in [0.2, 0.25) is 0 Å². The number of hydrogen-bond donors (Lipinski definition) is 0. The standard InChI is InChI=1S/C11H12F3N3/c1-2-4-10(16-17-15)8-5-3-6-9(7-8)11(12,13)14/h3,5-7,10H,2,4H2,1H3. The van der Waals surface area contributed by atoms with Gasteiger partial charge in [-0.3, -0.25) is 0 Å². The zero-order chi connectivity index (χ0) is 12.9. The van der Waals surface area contributed by atoms with Gasteiger partial charge >= 0.3 is 6.18 Å². The van der Waals surface area contributed by atoms with Crippen LogP contribution in [0.3, 0.4) is 0 Å². The van der Waals surface area contributed by atoms with Gasteiger partial charge in [-0.2, -0.15) is 13.2 Å². The van der Waals surface area contributed by atoms with Gasteiger partial charge in [0.15, 0.2) is 0 Å². The van der Waals surface area contributed by atoms with Crippen LogP contribution >= 0.6 is 0 Å². The molecule has 1 aromatic rings. The molecule has 1 atom stereocenters. The maximum Gasteiger partial charge on any atom is 0.416 e. The number of benzene rings is 1. The number of rotatable bonds is 4. The van der Waals surface area contributed by atoms with Crippen LogP contribution in [0.15, 0.2) is 29.4 Å². The fourth-order valence-corrected chi connectivity index (χ4v) is 1.55. The van der Waals surface area contributed by atoms with E-state index in [9.17, 15) is 13.2 Å². The first-order chi connectivity index (χ1) is 7.99. The first kappa shape index (κ1) is 13.4. The van der Waals surface area contributed by atoms with E-state index in [0.717, 1.165) is 18.6 Å². The minimum absolute atomic E-state index is 0.402. The van der Waals surface area contributed by atoms with Gasteiger partial charge in [0.25, 0.3) is 0 Å². The largest absolute Gasteiger partial charge is 0.416 e. The highest BCUT2D eigenvalue weighted by Crippen LogP contribution is 2.32. The van der Waals surface area contributed by atoms with Crippen molar-refractivity contribution in [3.63, 3.8) is 0 Å². The Kier molecular flexibility index (Phi) is 4.40. The average Bonchev–Trinajstić information content (AvgIpc) is 2.28. The van der Waals surface area contributed by atoms with Crippen molar-refractivity contribution in [1.29, 1.82) is 0 Å². The molecule has 0 bridgehead atoms. The molecule has 0 aliphatic carbocycles. The Morgan fingerprint density at radius 3 is 2.65 bits per heavy atom. The molecule has 0 aliphatic rings. The van der Waals surface area contributed by atoms with E-state index in [2.05, 4.69) is 10.0 Å². The lowest BCUT2D eigenvalue weighted by Crippen LogP contribution is -2.06. The number of halogens is 3. The Morgan fingerprint density at radius 2 is 2.12 bits per heavy atom. The Labute approximate surface area is 96.9 Å². The summed E-state index contributed by atoms with van der Waals surface area (Å²) in [5.41, 5.74) is 8.07. The highest BCUT2D eigenvalue weighted by molar-refractivity contribution is 5.28.